The molecule has 0 bridgehead atoms. The molecule has 1 atom stereocenters. The molecule has 3 rings (SSSR count). The molecule has 0 spiro atoms. The van der Waals surface area contributed by atoms with E-state index in [1.54, 1.807) is 11.3 Å². The highest BCUT2D eigenvalue weighted by molar-refractivity contribution is 7.10. The predicted molar refractivity (Wildman–Crippen MR) is 87.4 cm³/mol. The van der Waals surface area contributed by atoms with Crippen molar-refractivity contribution < 1.29 is 0 Å². The average molecular weight is 284 g/mol. The number of aromatic nitrogens is 1. The molecule has 2 nitrogen and oxygen atoms in total. The van der Waals surface area contributed by atoms with Crippen molar-refractivity contribution in [1.82, 2.24) is 4.57 Å². The van der Waals surface area contributed by atoms with Gasteiger partial charge in [-0.15, -0.1) is 11.3 Å². The monoisotopic (exact) mass is 284 g/mol. The van der Waals surface area contributed by atoms with Crippen LogP contribution in [-0.4, -0.2) is 11.1 Å². The predicted octanol–water partition coefficient (Wildman–Crippen LogP) is 4.01. The normalized spacial score (nSPS) is 12.9. The van der Waals surface area contributed by atoms with Crippen molar-refractivity contribution in [2.45, 2.75) is 25.8 Å². The molecule has 20 heavy (non-hydrogen) atoms. The molecule has 2 aromatic heterocycles. The zero-order valence-corrected chi connectivity index (χ0v) is 12.6. The van der Waals surface area contributed by atoms with Crippen molar-refractivity contribution in [3.8, 4) is 0 Å². The minimum Gasteiger partial charge on any atom is -0.347 e. The summed E-state index contributed by atoms with van der Waals surface area (Å²) in [5.74, 6) is 0.422. The zero-order chi connectivity index (χ0) is 13.9. The van der Waals surface area contributed by atoms with Crippen molar-refractivity contribution >= 4 is 22.2 Å². The van der Waals surface area contributed by atoms with E-state index in [1.165, 1.54) is 21.3 Å². The minimum atomic E-state index is 0.422. The second-order valence-electron chi connectivity index (χ2n) is 5.11. The number of fused-ring (bicyclic) bond motifs is 1. The molecule has 104 valence electrons. The quantitative estimate of drug-likeness (QED) is 0.754. The van der Waals surface area contributed by atoms with Crippen LogP contribution in [0.25, 0.3) is 10.9 Å². The molecule has 0 aliphatic heterocycles. The Morgan fingerprint density at radius 2 is 2.05 bits per heavy atom. The fourth-order valence-corrected chi connectivity index (χ4v) is 3.68. The van der Waals surface area contributed by atoms with Crippen LogP contribution in [-0.2, 0) is 13.0 Å². The van der Waals surface area contributed by atoms with E-state index in [0.717, 1.165) is 13.0 Å². The summed E-state index contributed by atoms with van der Waals surface area (Å²) in [7, 11) is 0. The fourth-order valence-electron chi connectivity index (χ4n) is 2.84. The zero-order valence-electron chi connectivity index (χ0n) is 11.8. The van der Waals surface area contributed by atoms with Gasteiger partial charge in [0.2, 0.25) is 0 Å². The Balaban J connectivity index is 1.98. The molecule has 0 saturated heterocycles. The highest BCUT2D eigenvalue weighted by Crippen LogP contribution is 2.29. The first-order valence-corrected chi connectivity index (χ1v) is 8.01. The molecule has 2 N–H and O–H groups in total. The average Bonchev–Trinajstić information content (AvgIpc) is 3.13. The number of para-hydroxylation sites is 1. The maximum atomic E-state index is 6.00. The van der Waals surface area contributed by atoms with E-state index >= 15 is 0 Å². The topological polar surface area (TPSA) is 30.9 Å². The van der Waals surface area contributed by atoms with E-state index in [9.17, 15) is 0 Å². The van der Waals surface area contributed by atoms with Crippen molar-refractivity contribution in [2.24, 2.45) is 5.73 Å². The summed E-state index contributed by atoms with van der Waals surface area (Å²) in [6.45, 7) is 3.90. The lowest BCUT2D eigenvalue weighted by atomic mass is 9.97. The van der Waals surface area contributed by atoms with E-state index in [0.29, 0.717) is 12.5 Å². The van der Waals surface area contributed by atoms with Gasteiger partial charge in [-0.2, -0.15) is 0 Å². The Morgan fingerprint density at radius 1 is 1.20 bits per heavy atom. The largest absolute Gasteiger partial charge is 0.347 e. The van der Waals surface area contributed by atoms with Crippen LogP contribution in [0.15, 0.2) is 48.0 Å². The molecule has 0 fully saturated rings. The lowest BCUT2D eigenvalue weighted by Crippen LogP contribution is -2.13. The van der Waals surface area contributed by atoms with Gasteiger partial charge in [0.05, 0.1) is 0 Å². The smallest absolute Gasteiger partial charge is 0.0483 e. The van der Waals surface area contributed by atoms with Crippen LogP contribution in [0.1, 0.15) is 23.3 Å². The lowest BCUT2D eigenvalue weighted by Gasteiger charge is -2.12. The molecule has 1 unspecified atom stereocenters. The molecule has 1 aromatic carbocycles. The van der Waals surface area contributed by atoms with Gasteiger partial charge in [-0.1, -0.05) is 24.3 Å². The summed E-state index contributed by atoms with van der Waals surface area (Å²) in [4.78, 5) is 1.39. The Bertz CT molecular complexity index is 682. The van der Waals surface area contributed by atoms with E-state index in [4.69, 9.17) is 5.73 Å². The number of benzene rings is 1. The molecule has 0 amide bonds. The number of hydrogen-bond donors (Lipinski definition) is 1. The van der Waals surface area contributed by atoms with E-state index < -0.39 is 0 Å². The summed E-state index contributed by atoms with van der Waals surface area (Å²) in [6.07, 6.45) is 3.31. The number of nitrogens with zero attached hydrogens (tertiary/aromatic N) is 1. The van der Waals surface area contributed by atoms with Crippen LogP contribution in [0, 0.1) is 0 Å². The van der Waals surface area contributed by atoms with E-state index in [-0.39, 0.29) is 0 Å². The molecule has 0 radical (unpaired) electrons. The Kier molecular flexibility index (Phi) is 3.90. The number of hydrogen-bond acceptors (Lipinski definition) is 2. The summed E-state index contributed by atoms with van der Waals surface area (Å²) >= 11 is 1.81. The molecule has 0 aliphatic carbocycles. The summed E-state index contributed by atoms with van der Waals surface area (Å²) in [5, 5.41) is 3.50. The van der Waals surface area contributed by atoms with E-state index in [2.05, 4.69) is 59.5 Å². The Morgan fingerprint density at radius 3 is 2.75 bits per heavy atom. The van der Waals surface area contributed by atoms with Crippen LogP contribution in [0.2, 0.25) is 0 Å². The van der Waals surface area contributed by atoms with Gasteiger partial charge in [0.1, 0.15) is 0 Å². The first kappa shape index (κ1) is 13.4. The van der Waals surface area contributed by atoms with Crippen LogP contribution >= 0.6 is 11.3 Å². The molecule has 3 heteroatoms. The molecule has 0 saturated carbocycles. The van der Waals surface area contributed by atoms with Gasteiger partial charge in [0.15, 0.2) is 0 Å². The third kappa shape index (κ3) is 2.39. The van der Waals surface area contributed by atoms with Crippen LogP contribution < -0.4 is 5.73 Å². The van der Waals surface area contributed by atoms with Crippen molar-refractivity contribution in [3.63, 3.8) is 0 Å². The first-order valence-electron chi connectivity index (χ1n) is 7.13. The van der Waals surface area contributed by atoms with Gasteiger partial charge in [-0.25, -0.2) is 0 Å². The second kappa shape index (κ2) is 5.81. The van der Waals surface area contributed by atoms with Gasteiger partial charge in [-0.3, -0.25) is 0 Å². The van der Waals surface area contributed by atoms with Crippen LogP contribution in [0.3, 0.4) is 0 Å². The molecule has 2 heterocycles. The molecule has 0 aliphatic rings. The number of nitrogens with two attached hydrogens (primary N) is 1. The standard InChI is InChI=1S/C17H20N2S/c1-2-19-12-14(15-6-3-4-7-16(15)19)10-13(11-18)17-8-5-9-20-17/h3-9,12-13H,2,10-11,18H2,1H3. The Hall–Kier alpha value is -1.58. The lowest BCUT2D eigenvalue weighted by molar-refractivity contribution is 0.704. The Labute approximate surface area is 123 Å². The number of thiophene rings is 1. The maximum Gasteiger partial charge on any atom is 0.0483 e. The molecule has 3 aromatic rings. The van der Waals surface area contributed by atoms with E-state index in [1.807, 2.05) is 0 Å². The van der Waals surface area contributed by atoms with Crippen molar-refractivity contribution in [2.75, 3.05) is 6.54 Å². The van der Waals surface area contributed by atoms with Crippen LogP contribution in [0.5, 0.6) is 0 Å². The van der Waals surface area contributed by atoms with Gasteiger partial charge in [0, 0.05) is 41.0 Å². The fraction of sp³-hybridized carbons (Fsp3) is 0.294. The van der Waals surface area contributed by atoms with Gasteiger partial charge in [-0.05, 0) is 36.4 Å². The first-order chi connectivity index (χ1) is 9.83. The van der Waals surface area contributed by atoms with Gasteiger partial charge in [0.25, 0.3) is 0 Å². The minimum absolute atomic E-state index is 0.422. The highest BCUT2D eigenvalue weighted by Gasteiger charge is 2.15. The summed E-state index contributed by atoms with van der Waals surface area (Å²) in [6, 6.07) is 13.0. The van der Waals surface area contributed by atoms with Crippen molar-refractivity contribution in [1.29, 1.82) is 0 Å². The molecular weight excluding hydrogens is 264 g/mol. The number of rotatable bonds is 5. The van der Waals surface area contributed by atoms with Gasteiger partial charge >= 0.3 is 0 Å². The summed E-state index contributed by atoms with van der Waals surface area (Å²) < 4.78 is 2.33. The molecular formula is C17H20N2S. The van der Waals surface area contributed by atoms with Crippen molar-refractivity contribution in [3.05, 3.63) is 58.4 Å². The third-order valence-corrected chi connectivity index (χ3v) is 4.94. The second-order valence-corrected chi connectivity index (χ2v) is 6.09. The highest BCUT2D eigenvalue weighted by atomic mass is 32.1. The number of aryl methyl sites for hydroxylation is 1. The SMILES string of the molecule is CCn1cc(CC(CN)c2cccs2)c2ccccc21. The maximum absolute atomic E-state index is 6.00. The van der Waals surface area contributed by atoms with Crippen LogP contribution in [0.4, 0.5) is 0 Å². The van der Waals surface area contributed by atoms with Gasteiger partial charge < -0.3 is 10.3 Å². The summed E-state index contributed by atoms with van der Waals surface area (Å²) in [5.41, 5.74) is 8.73. The third-order valence-electron chi connectivity index (χ3n) is 3.91.